The van der Waals surface area contributed by atoms with Gasteiger partial charge in [0.2, 0.25) is 0 Å². The molecular weight excluding hydrogens is 284 g/mol. The lowest BCUT2D eigenvalue weighted by Crippen LogP contribution is -2.47. The first kappa shape index (κ1) is 18.7. The zero-order chi connectivity index (χ0) is 15.9. The summed E-state index contributed by atoms with van der Waals surface area (Å²) >= 11 is 0. The zero-order valence-electron chi connectivity index (χ0n) is 12.3. The Labute approximate surface area is 120 Å². The average Bonchev–Trinajstić information content (AvgIpc) is 2.26. The Kier molecular flexibility index (Phi) is 7.55. The van der Waals surface area contributed by atoms with E-state index < -0.39 is 33.1 Å². The van der Waals surface area contributed by atoms with E-state index in [1.54, 1.807) is 13.8 Å². The molecule has 8 heteroatoms. The molecular formula is C12H24N2O5S. The first-order chi connectivity index (χ1) is 9.06. The monoisotopic (exact) mass is 308 g/mol. The van der Waals surface area contributed by atoms with Crippen molar-refractivity contribution in [2.45, 2.75) is 45.4 Å². The van der Waals surface area contributed by atoms with E-state index >= 15 is 0 Å². The number of hydrogen-bond donors (Lipinski definition) is 3. The Morgan fingerprint density at radius 3 is 2.10 bits per heavy atom. The number of carboxylic acid groups (broad SMARTS) is 1. The van der Waals surface area contributed by atoms with Crippen LogP contribution in [0, 0.1) is 5.92 Å². The largest absolute Gasteiger partial charge is 0.480 e. The summed E-state index contributed by atoms with van der Waals surface area (Å²) in [5, 5.41) is 13.1. The van der Waals surface area contributed by atoms with E-state index in [9.17, 15) is 18.0 Å². The van der Waals surface area contributed by atoms with Crippen LogP contribution in [0.2, 0.25) is 0 Å². The number of urea groups is 1. The second-order valence-electron chi connectivity index (χ2n) is 5.34. The van der Waals surface area contributed by atoms with Gasteiger partial charge in [-0.05, 0) is 26.2 Å². The molecule has 0 aliphatic rings. The van der Waals surface area contributed by atoms with Crippen molar-refractivity contribution in [2.75, 3.05) is 12.3 Å². The van der Waals surface area contributed by atoms with Crippen molar-refractivity contribution >= 4 is 21.8 Å². The third-order valence-corrected chi connectivity index (χ3v) is 4.91. The lowest BCUT2D eigenvalue weighted by molar-refractivity contribution is -0.139. The van der Waals surface area contributed by atoms with Gasteiger partial charge in [0.25, 0.3) is 0 Å². The highest BCUT2D eigenvalue weighted by Gasteiger charge is 2.21. The van der Waals surface area contributed by atoms with Crippen LogP contribution in [-0.4, -0.2) is 49.1 Å². The number of carboxylic acids is 1. The summed E-state index contributed by atoms with van der Waals surface area (Å²) in [6, 6.07) is -1.64. The van der Waals surface area contributed by atoms with Crippen LogP contribution in [0.25, 0.3) is 0 Å². The van der Waals surface area contributed by atoms with Gasteiger partial charge in [-0.1, -0.05) is 13.8 Å². The molecule has 0 fully saturated rings. The number of hydrogen-bond acceptors (Lipinski definition) is 4. The molecule has 20 heavy (non-hydrogen) atoms. The van der Waals surface area contributed by atoms with Crippen molar-refractivity contribution in [3.05, 3.63) is 0 Å². The Morgan fingerprint density at radius 1 is 1.15 bits per heavy atom. The van der Waals surface area contributed by atoms with Gasteiger partial charge >= 0.3 is 12.0 Å². The molecule has 0 saturated carbocycles. The molecule has 0 aliphatic heterocycles. The molecule has 118 valence electrons. The summed E-state index contributed by atoms with van der Waals surface area (Å²) in [7, 11) is -3.22. The highest BCUT2D eigenvalue weighted by Crippen LogP contribution is 2.04. The van der Waals surface area contributed by atoms with E-state index in [1.165, 1.54) is 0 Å². The second-order valence-corrected chi connectivity index (χ2v) is 8.01. The van der Waals surface area contributed by atoms with Crippen LogP contribution in [0.1, 0.15) is 34.1 Å². The van der Waals surface area contributed by atoms with Gasteiger partial charge in [-0.3, -0.25) is 0 Å². The molecule has 0 aliphatic carbocycles. The van der Waals surface area contributed by atoms with Crippen molar-refractivity contribution < 1.29 is 23.1 Å². The fourth-order valence-electron chi connectivity index (χ4n) is 1.44. The molecule has 2 amide bonds. The fourth-order valence-corrected chi connectivity index (χ4v) is 2.30. The molecule has 0 spiro atoms. The molecule has 0 aromatic carbocycles. The van der Waals surface area contributed by atoms with Gasteiger partial charge in [-0.2, -0.15) is 0 Å². The van der Waals surface area contributed by atoms with Crippen molar-refractivity contribution in [1.82, 2.24) is 10.6 Å². The van der Waals surface area contributed by atoms with Gasteiger partial charge in [-0.15, -0.1) is 0 Å². The third kappa shape index (κ3) is 7.32. The van der Waals surface area contributed by atoms with Crippen LogP contribution in [0.4, 0.5) is 4.79 Å². The second kappa shape index (κ2) is 8.08. The summed E-state index contributed by atoms with van der Waals surface area (Å²) in [6.07, 6.45) is 0.313. The number of carbonyl (C=O) groups excluding carboxylic acids is 1. The molecule has 0 aromatic rings. The number of amides is 2. The first-order valence-electron chi connectivity index (χ1n) is 6.55. The number of aliphatic carboxylic acids is 1. The smallest absolute Gasteiger partial charge is 0.326 e. The Hall–Kier alpha value is -1.31. The lowest BCUT2D eigenvalue weighted by Gasteiger charge is -2.17. The minimum absolute atomic E-state index is 0.0413. The highest BCUT2D eigenvalue weighted by molar-refractivity contribution is 7.92. The number of nitrogens with one attached hydrogen (secondary N) is 2. The highest BCUT2D eigenvalue weighted by atomic mass is 32.2. The zero-order valence-corrected chi connectivity index (χ0v) is 13.2. The van der Waals surface area contributed by atoms with Crippen LogP contribution < -0.4 is 10.6 Å². The molecule has 0 rings (SSSR count). The number of sulfone groups is 1. The van der Waals surface area contributed by atoms with Gasteiger partial charge in [0.1, 0.15) is 6.04 Å². The summed E-state index contributed by atoms with van der Waals surface area (Å²) in [6.45, 7) is 6.80. The van der Waals surface area contributed by atoms with Crippen LogP contribution in [0.5, 0.6) is 0 Å². The number of rotatable bonds is 8. The maximum atomic E-state index is 11.5. The van der Waals surface area contributed by atoms with Crippen LogP contribution in [-0.2, 0) is 14.6 Å². The van der Waals surface area contributed by atoms with Crippen LogP contribution in [0.15, 0.2) is 0 Å². The fraction of sp³-hybridized carbons (Fsp3) is 0.833. The third-order valence-electron chi connectivity index (χ3n) is 2.70. The maximum absolute atomic E-state index is 11.5. The molecule has 0 aromatic heterocycles. The normalized spacial score (nSPS) is 13.3. The Morgan fingerprint density at radius 2 is 1.70 bits per heavy atom. The quantitative estimate of drug-likeness (QED) is 0.608. The summed E-state index contributed by atoms with van der Waals surface area (Å²) in [5.41, 5.74) is 0. The van der Waals surface area contributed by atoms with Crippen LogP contribution in [0.3, 0.4) is 0 Å². The van der Waals surface area contributed by atoms with Crippen molar-refractivity contribution in [3.8, 4) is 0 Å². The molecule has 0 bridgehead atoms. The standard InChI is InChI=1S/C12H24N2O5S/c1-8(2)7-10(11(15)16)14-12(17)13-5-6-20(18,19)9(3)4/h8-10H,5-7H2,1-4H3,(H,15,16)(H2,13,14,17). The van der Waals surface area contributed by atoms with E-state index in [0.717, 1.165) is 0 Å². The number of carbonyl (C=O) groups is 2. The molecule has 0 radical (unpaired) electrons. The predicted octanol–water partition coefficient (Wildman–Crippen LogP) is 0.608. The van der Waals surface area contributed by atoms with Gasteiger partial charge < -0.3 is 15.7 Å². The summed E-state index contributed by atoms with van der Waals surface area (Å²) in [4.78, 5) is 22.5. The first-order valence-corrected chi connectivity index (χ1v) is 8.26. The average molecular weight is 308 g/mol. The maximum Gasteiger partial charge on any atom is 0.326 e. The van der Waals surface area contributed by atoms with E-state index in [4.69, 9.17) is 5.11 Å². The van der Waals surface area contributed by atoms with Crippen LogP contribution >= 0.6 is 0 Å². The molecule has 3 N–H and O–H groups in total. The van der Waals surface area contributed by atoms with E-state index in [0.29, 0.717) is 6.42 Å². The minimum atomic E-state index is -3.22. The van der Waals surface area contributed by atoms with Gasteiger partial charge in [0.15, 0.2) is 9.84 Å². The van der Waals surface area contributed by atoms with Crippen molar-refractivity contribution in [2.24, 2.45) is 5.92 Å². The minimum Gasteiger partial charge on any atom is -0.480 e. The topological polar surface area (TPSA) is 113 Å². The molecule has 0 heterocycles. The van der Waals surface area contributed by atoms with E-state index in [1.807, 2.05) is 13.8 Å². The van der Waals surface area contributed by atoms with E-state index in [2.05, 4.69) is 10.6 Å². The van der Waals surface area contributed by atoms with E-state index in [-0.39, 0.29) is 18.2 Å². The Bertz CT molecular complexity index is 431. The summed E-state index contributed by atoms with van der Waals surface area (Å²) < 4.78 is 23.0. The molecule has 1 unspecified atom stereocenters. The molecule has 0 saturated heterocycles. The van der Waals surface area contributed by atoms with Gasteiger partial charge in [0.05, 0.1) is 11.0 Å². The lowest BCUT2D eigenvalue weighted by atomic mass is 10.0. The molecule has 7 nitrogen and oxygen atoms in total. The van der Waals surface area contributed by atoms with Gasteiger partial charge in [-0.25, -0.2) is 18.0 Å². The SMILES string of the molecule is CC(C)CC(NC(=O)NCCS(=O)(=O)C(C)C)C(=O)O. The van der Waals surface area contributed by atoms with Crippen molar-refractivity contribution in [3.63, 3.8) is 0 Å². The Balaban J connectivity index is 4.25. The summed E-state index contributed by atoms with van der Waals surface area (Å²) in [5.74, 6) is -1.15. The molecule has 1 atom stereocenters. The van der Waals surface area contributed by atoms with Gasteiger partial charge in [0, 0.05) is 6.54 Å². The van der Waals surface area contributed by atoms with Crippen molar-refractivity contribution in [1.29, 1.82) is 0 Å². The predicted molar refractivity (Wildman–Crippen MR) is 76.3 cm³/mol.